The van der Waals surface area contributed by atoms with Gasteiger partial charge in [-0.05, 0) is 92.4 Å². The standard InChI is InChI=1S/C44H46F2O3/c1-8-9-28-10-13-30(14-11-28)32-17-21-36(39(45)26-32)33-18-22-35(40(46)27-33)31-15-19-34(20-16-31)49-41(47)23-12-29-24-37(43(2,3)4)42(48)38(25-29)44(5,6)7/h10-11,13-22,24-27,48H,8-9,12,23H2,1-7H3. The van der Waals surface area contributed by atoms with Crippen LogP contribution in [-0.2, 0) is 28.5 Å². The van der Waals surface area contributed by atoms with Gasteiger partial charge >= 0.3 is 5.97 Å². The first-order chi connectivity index (χ1) is 23.1. The third kappa shape index (κ3) is 8.45. The Bertz CT molecular complexity index is 1910. The van der Waals surface area contributed by atoms with E-state index in [1.807, 2.05) is 30.3 Å². The van der Waals surface area contributed by atoms with E-state index < -0.39 is 11.6 Å². The predicted molar refractivity (Wildman–Crippen MR) is 196 cm³/mol. The van der Waals surface area contributed by atoms with Gasteiger partial charge in [0.05, 0.1) is 0 Å². The van der Waals surface area contributed by atoms with Crippen molar-refractivity contribution in [1.29, 1.82) is 0 Å². The molecule has 0 saturated heterocycles. The molecule has 5 rings (SSSR count). The number of benzene rings is 5. The monoisotopic (exact) mass is 660 g/mol. The zero-order valence-electron chi connectivity index (χ0n) is 29.6. The normalized spacial score (nSPS) is 11.9. The molecule has 0 heterocycles. The maximum Gasteiger partial charge on any atom is 0.311 e. The quantitative estimate of drug-likeness (QED) is 0.126. The second kappa shape index (κ2) is 14.4. The molecular formula is C44H46F2O3. The zero-order valence-corrected chi connectivity index (χ0v) is 29.6. The number of ether oxygens (including phenoxy) is 1. The van der Waals surface area contributed by atoms with Crippen molar-refractivity contribution in [3.05, 3.63) is 131 Å². The number of carbonyl (C=O) groups excluding carboxylic acids is 1. The molecule has 1 N–H and O–H groups in total. The van der Waals surface area contributed by atoms with Gasteiger partial charge in [0.15, 0.2) is 0 Å². The van der Waals surface area contributed by atoms with Crippen LogP contribution in [0, 0.1) is 11.6 Å². The SMILES string of the molecule is CCCc1ccc(-c2ccc(-c3ccc(-c4ccc(OC(=O)CCc5cc(C(C)(C)C)c(O)c(C(C)(C)C)c5)cc4)c(F)c3)c(F)c2)cc1. The summed E-state index contributed by atoms with van der Waals surface area (Å²) in [5, 5.41) is 11.0. The van der Waals surface area contributed by atoms with Crippen LogP contribution in [0.15, 0.2) is 97.1 Å². The lowest BCUT2D eigenvalue weighted by Crippen LogP contribution is -2.18. The van der Waals surface area contributed by atoms with E-state index in [9.17, 15) is 9.90 Å². The van der Waals surface area contributed by atoms with Gasteiger partial charge in [-0.3, -0.25) is 4.79 Å². The summed E-state index contributed by atoms with van der Waals surface area (Å²) >= 11 is 0. The number of hydrogen-bond donors (Lipinski definition) is 1. The Kier molecular flexibility index (Phi) is 10.4. The molecule has 5 aromatic carbocycles. The van der Waals surface area contributed by atoms with Crippen LogP contribution in [0.1, 0.15) is 83.6 Å². The van der Waals surface area contributed by atoms with Crippen molar-refractivity contribution in [2.45, 2.75) is 85.0 Å². The van der Waals surface area contributed by atoms with Crippen molar-refractivity contribution in [2.75, 3.05) is 0 Å². The van der Waals surface area contributed by atoms with E-state index in [1.54, 1.807) is 42.5 Å². The van der Waals surface area contributed by atoms with Crippen LogP contribution in [-0.4, -0.2) is 11.1 Å². The van der Waals surface area contributed by atoms with Gasteiger partial charge in [0.25, 0.3) is 0 Å². The molecule has 5 heteroatoms. The largest absolute Gasteiger partial charge is 0.507 e. The van der Waals surface area contributed by atoms with E-state index in [2.05, 4.69) is 60.6 Å². The maximum atomic E-state index is 15.4. The molecule has 0 aliphatic heterocycles. The number of carbonyl (C=O) groups is 1. The molecule has 0 radical (unpaired) electrons. The Morgan fingerprint density at radius 3 is 1.63 bits per heavy atom. The zero-order chi connectivity index (χ0) is 35.5. The summed E-state index contributed by atoms with van der Waals surface area (Å²) in [6, 6.07) is 28.5. The summed E-state index contributed by atoms with van der Waals surface area (Å²) in [5.74, 6) is -0.599. The van der Waals surface area contributed by atoms with Crippen LogP contribution in [0.2, 0.25) is 0 Å². The Morgan fingerprint density at radius 2 is 1.10 bits per heavy atom. The topological polar surface area (TPSA) is 46.5 Å². The smallest absolute Gasteiger partial charge is 0.311 e. The van der Waals surface area contributed by atoms with E-state index in [4.69, 9.17) is 4.74 Å². The minimum Gasteiger partial charge on any atom is -0.507 e. The van der Waals surface area contributed by atoms with E-state index in [0.717, 1.165) is 40.7 Å². The highest BCUT2D eigenvalue weighted by Crippen LogP contribution is 2.40. The Balaban J connectivity index is 1.24. The first-order valence-electron chi connectivity index (χ1n) is 17.0. The summed E-state index contributed by atoms with van der Waals surface area (Å²) in [7, 11) is 0. The van der Waals surface area contributed by atoms with Gasteiger partial charge in [-0.2, -0.15) is 0 Å². The lowest BCUT2D eigenvalue weighted by Gasteiger charge is -2.28. The van der Waals surface area contributed by atoms with Crippen molar-refractivity contribution in [3.8, 4) is 44.9 Å². The number of rotatable bonds is 9. The van der Waals surface area contributed by atoms with Crippen molar-refractivity contribution in [1.82, 2.24) is 0 Å². The molecule has 0 unspecified atom stereocenters. The van der Waals surface area contributed by atoms with Crippen LogP contribution in [0.5, 0.6) is 11.5 Å². The third-order valence-electron chi connectivity index (χ3n) is 8.88. The second-order valence-electron chi connectivity index (χ2n) is 14.9. The summed E-state index contributed by atoms with van der Waals surface area (Å²) in [4.78, 5) is 12.8. The molecule has 0 spiro atoms. The van der Waals surface area contributed by atoms with Gasteiger partial charge in [0.1, 0.15) is 23.1 Å². The molecule has 0 aliphatic rings. The number of aromatic hydroxyl groups is 1. The first kappa shape index (κ1) is 35.5. The molecule has 0 aromatic heterocycles. The number of aryl methyl sites for hydroxylation is 2. The molecule has 49 heavy (non-hydrogen) atoms. The van der Waals surface area contributed by atoms with Gasteiger partial charge in [-0.25, -0.2) is 8.78 Å². The van der Waals surface area contributed by atoms with E-state index in [-0.39, 0.29) is 23.2 Å². The molecular weight excluding hydrogens is 614 g/mol. The van der Waals surface area contributed by atoms with Crippen LogP contribution in [0.4, 0.5) is 8.78 Å². The van der Waals surface area contributed by atoms with Crippen molar-refractivity contribution in [2.24, 2.45) is 0 Å². The van der Waals surface area contributed by atoms with Gasteiger partial charge in [-0.15, -0.1) is 0 Å². The number of phenolic OH excluding ortho intramolecular Hbond substituents is 1. The van der Waals surface area contributed by atoms with Crippen LogP contribution < -0.4 is 4.74 Å². The molecule has 3 nitrogen and oxygen atoms in total. The highest BCUT2D eigenvalue weighted by Gasteiger charge is 2.26. The van der Waals surface area contributed by atoms with Gasteiger partial charge in [0, 0.05) is 17.5 Å². The first-order valence-corrected chi connectivity index (χ1v) is 17.0. The molecule has 0 saturated carbocycles. The Hall–Kier alpha value is -4.77. The highest BCUT2D eigenvalue weighted by molar-refractivity contribution is 5.76. The predicted octanol–water partition coefficient (Wildman–Crippen LogP) is 11.8. The maximum absolute atomic E-state index is 15.4. The number of hydrogen-bond acceptors (Lipinski definition) is 3. The van der Waals surface area contributed by atoms with Crippen LogP contribution >= 0.6 is 0 Å². The summed E-state index contributed by atoms with van der Waals surface area (Å²) in [6.07, 6.45) is 2.71. The molecule has 5 aromatic rings. The molecule has 0 atom stereocenters. The summed E-state index contributed by atoms with van der Waals surface area (Å²) in [5.41, 5.74) is 6.86. The molecule has 0 fully saturated rings. The number of halogens is 2. The average molecular weight is 661 g/mol. The molecule has 0 amide bonds. The van der Waals surface area contributed by atoms with E-state index in [0.29, 0.717) is 40.2 Å². The third-order valence-corrected chi connectivity index (χ3v) is 8.88. The molecule has 254 valence electrons. The van der Waals surface area contributed by atoms with E-state index >= 15 is 8.78 Å². The van der Waals surface area contributed by atoms with Gasteiger partial charge in [-0.1, -0.05) is 128 Å². The minimum atomic E-state index is -0.476. The highest BCUT2D eigenvalue weighted by atomic mass is 19.1. The van der Waals surface area contributed by atoms with Crippen molar-refractivity contribution < 1.29 is 23.4 Å². The fourth-order valence-corrected chi connectivity index (χ4v) is 6.11. The molecule has 0 bridgehead atoms. The molecule has 0 aliphatic carbocycles. The second-order valence-corrected chi connectivity index (χ2v) is 14.9. The average Bonchev–Trinajstić information content (AvgIpc) is 3.04. The number of esters is 1. The minimum absolute atomic E-state index is 0.165. The van der Waals surface area contributed by atoms with Crippen molar-refractivity contribution in [3.63, 3.8) is 0 Å². The Labute approximate surface area is 289 Å². The van der Waals surface area contributed by atoms with Gasteiger partial charge < -0.3 is 9.84 Å². The summed E-state index contributed by atoms with van der Waals surface area (Å²) in [6.45, 7) is 14.5. The summed E-state index contributed by atoms with van der Waals surface area (Å²) < 4.78 is 36.2. The fraction of sp³-hybridized carbons (Fsp3) is 0.295. The van der Waals surface area contributed by atoms with Gasteiger partial charge in [0.2, 0.25) is 0 Å². The lowest BCUT2D eigenvalue weighted by atomic mass is 9.78. The Morgan fingerprint density at radius 1 is 0.612 bits per heavy atom. The number of phenols is 1. The van der Waals surface area contributed by atoms with Crippen LogP contribution in [0.25, 0.3) is 33.4 Å². The van der Waals surface area contributed by atoms with Crippen LogP contribution in [0.3, 0.4) is 0 Å². The fourth-order valence-electron chi connectivity index (χ4n) is 6.11. The lowest BCUT2D eigenvalue weighted by molar-refractivity contribution is -0.134. The van der Waals surface area contributed by atoms with E-state index in [1.165, 1.54) is 17.7 Å². The van der Waals surface area contributed by atoms with Crippen molar-refractivity contribution >= 4 is 5.97 Å².